The molecule has 0 N–H and O–H groups in total. The molecule has 0 spiro atoms. The smallest absolute Gasteiger partial charge is 0.238 e. The molecule has 115 valence electrons. The van der Waals surface area contributed by atoms with Crippen LogP contribution in [0.3, 0.4) is 0 Å². The average Bonchev–Trinajstić information content (AvgIpc) is 2.84. The summed E-state index contributed by atoms with van der Waals surface area (Å²) in [6, 6.07) is 14.7. The van der Waals surface area contributed by atoms with Gasteiger partial charge in [-0.2, -0.15) is 0 Å². The molecule has 0 heterocycles. The van der Waals surface area contributed by atoms with Gasteiger partial charge in [0.2, 0.25) is 5.91 Å². The van der Waals surface area contributed by atoms with Gasteiger partial charge in [-0.3, -0.25) is 4.79 Å². The van der Waals surface area contributed by atoms with Crippen LogP contribution in [0.25, 0.3) is 11.1 Å². The van der Waals surface area contributed by atoms with Crippen LogP contribution < -0.4 is 0 Å². The monoisotopic (exact) mass is 332 g/mol. The number of amides is 1. The molecule has 0 unspecified atom stereocenters. The Labute approximate surface area is 154 Å². The molecule has 2 aromatic rings. The molecule has 0 atom stereocenters. The van der Waals surface area contributed by atoms with Crippen LogP contribution in [0, 0.1) is 0 Å². The Morgan fingerprint density at radius 3 is 2.17 bits per heavy atom. The van der Waals surface area contributed by atoms with E-state index in [1.165, 1.54) is 22.3 Å². The van der Waals surface area contributed by atoms with Gasteiger partial charge in [0.25, 0.3) is 0 Å². The van der Waals surface area contributed by atoms with Crippen LogP contribution in [0.2, 0.25) is 26.2 Å². The fourth-order valence-corrected chi connectivity index (χ4v) is 9.55. The van der Waals surface area contributed by atoms with E-state index in [1.807, 2.05) is 12.1 Å². The summed E-state index contributed by atoms with van der Waals surface area (Å²) in [5, 5.41) is 0. The van der Waals surface area contributed by atoms with Crippen molar-refractivity contribution >= 4 is 42.7 Å². The fourth-order valence-electron chi connectivity index (χ4n) is 3.56. The Balaban J connectivity index is 0.00000192. The molecule has 1 radical (unpaired) electrons. The van der Waals surface area contributed by atoms with Crippen molar-refractivity contribution in [3.8, 4) is 11.1 Å². The third-order valence-electron chi connectivity index (χ3n) is 4.43. The van der Waals surface area contributed by atoms with Gasteiger partial charge >= 0.3 is 0 Å². The van der Waals surface area contributed by atoms with Crippen molar-refractivity contribution in [2.45, 2.75) is 32.6 Å². The number of benzene rings is 2. The standard InChI is InChI=1S/C18H23NOSi2.Li/c1-21(2)19(22(3)4)18(20)16-11-7-10-15-14-9-6-5-8-13(14)12-17(15)16;/h5-11,21-22H,12H2,1-4H3;. The second kappa shape index (κ2) is 7.23. The second-order valence-electron chi connectivity index (χ2n) is 6.57. The molecule has 0 saturated heterocycles. The van der Waals surface area contributed by atoms with Crippen molar-refractivity contribution in [3.05, 3.63) is 59.2 Å². The Morgan fingerprint density at radius 2 is 1.52 bits per heavy atom. The van der Waals surface area contributed by atoms with Crippen molar-refractivity contribution in [2.24, 2.45) is 0 Å². The van der Waals surface area contributed by atoms with Crippen LogP contribution in [0.1, 0.15) is 21.5 Å². The van der Waals surface area contributed by atoms with Crippen molar-refractivity contribution in [1.29, 1.82) is 0 Å². The second-order valence-corrected chi connectivity index (χ2v) is 12.6. The molecule has 0 saturated carbocycles. The minimum atomic E-state index is -1.13. The molecule has 0 aromatic heterocycles. The predicted molar refractivity (Wildman–Crippen MR) is 104 cm³/mol. The molecule has 1 amide bonds. The van der Waals surface area contributed by atoms with Crippen LogP contribution >= 0.6 is 0 Å². The van der Waals surface area contributed by atoms with E-state index >= 15 is 0 Å². The molecule has 0 fully saturated rings. The van der Waals surface area contributed by atoms with Gasteiger partial charge in [-0.15, -0.1) is 0 Å². The summed E-state index contributed by atoms with van der Waals surface area (Å²) in [5.41, 5.74) is 6.03. The number of hydrogen-bond acceptors (Lipinski definition) is 1. The fraction of sp³-hybridized carbons (Fsp3) is 0.278. The van der Waals surface area contributed by atoms with E-state index in [-0.39, 0.29) is 24.8 Å². The maximum absolute atomic E-state index is 13.1. The summed E-state index contributed by atoms with van der Waals surface area (Å²) >= 11 is 0. The largest absolute Gasteiger partial charge is 0.397 e. The van der Waals surface area contributed by atoms with E-state index in [0.717, 1.165) is 12.0 Å². The van der Waals surface area contributed by atoms with E-state index in [4.69, 9.17) is 0 Å². The molecule has 5 heteroatoms. The van der Waals surface area contributed by atoms with Gasteiger partial charge in [-0.05, 0) is 34.7 Å². The molecule has 2 nitrogen and oxygen atoms in total. The number of hydrogen-bond donors (Lipinski definition) is 0. The van der Waals surface area contributed by atoms with Crippen LogP contribution in [-0.2, 0) is 6.42 Å². The summed E-state index contributed by atoms with van der Waals surface area (Å²) in [6.45, 7) is 9.01. The number of nitrogens with zero attached hydrogens (tertiary/aromatic N) is 1. The van der Waals surface area contributed by atoms with Gasteiger partial charge in [0.05, 0.1) is 0 Å². The first-order valence-electron chi connectivity index (χ1n) is 8.03. The molecule has 0 bridgehead atoms. The molecular weight excluding hydrogens is 309 g/mol. The summed E-state index contributed by atoms with van der Waals surface area (Å²) in [5.74, 6) is 0.271. The SMILES string of the molecule is C[SiH](C)N(C(=O)c1cccc2c1Cc1ccccc1-2)[SiH](C)C.[Li]. The Morgan fingerprint density at radius 1 is 0.913 bits per heavy atom. The summed E-state index contributed by atoms with van der Waals surface area (Å²) in [7, 11) is -2.26. The molecule has 0 aliphatic heterocycles. The molecule has 1 aliphatic rings. The molecule has 1 aliphatic carbocycles. The zero-order chi connectivity index (χ0) is 15.9. The van der Waals surface area contributed by atoms with Crippen molar-refractivity contribution in [1.82, 2.24) is 4.23 Å². The minimum Gasteiger partial charge on any atom is -0.397 e. The summed E-state index contributed by atoms with van der Waals surface area (Å²) in [4.78, 5) is 13.1. The van der Waals surface area contributed by atoms with Gasteiger partial charge in [0.1, 0.15) is 17.9 Å². The Kier molecular flexibility index (Phi) is 5.75. The third-order valence-corrected chi connectivity index (χ3v) is 10.7. The first kappa shape index (κ1) is 18.3. The average molecular weight is 333 g/mol. The van der Waals surface area contributed by atoms with Gasteiger partial charge in [-0.1, -0.05) is 62.6 Å². The first-order chi connectivity index (χ1) is 10.5. The quantitative estimate of drug-likeness (QED) is 0.674. The first-order valence-corrected chi connectivity index (χ1v) is 13.7. The minimum absolute atomic E-state index is 0. The Bertz CT molecular complexity index is 723. The van der Waals surface area contributed by atoms with Crippen LogP contribution in [0.5, 0.6) is 0 Å². The zero-order valence-corrected chi connectivity index (χ0v) is 17.1. The maximum Gasteiger partial charge on any atom is 0.238 e. The topological polar surface area (TPSA) is 20.3 Å². The van der Waals surface area contributed by atoms with E-state index < -0.39 is 17.9 Å². The van der Waals surface area contributed by atoms with E-state index in [0.29, 0.717) is 0 Å². The molecular formula is C18H23LiNOSi2. The molecule has 3 rings (SSSR count). The number of rotatable bonds is 3. The summed E-state index contributed by atoms with van der Waals surface area (Å²) in [6.07, 6.45) is 0.889. The molecule has 23 heavy (non-hydrogen) atoms. The van der Waals surface area contributed by atoms with Gasteiger partial charge in [0, 0.05) is 24.4 Å². The van der Waals surface area contributed by atoms with E-state index in [9.17, 15) is 4.79 Å². The number of carbonyl (C=O) groups is 1. The van der Waals surface area contributed by atoms with Crippen molar-refractivity contribution < 1.29 is 4.79 Å². The van der Waals surface area contributed by atoms with Crippen LogP contribution in [0.4, 0.5) is 0 Å². The summed E-state index contributed by atoms with van der Waals surface area (Å²) < 4.78 is 2.25. The maximum atomic E-state index is 13.1. The number of fused-ring (bicyclic) bond motifs is 3. The van der Waals surface area contributed by atoms with Crippen LogP contribution in [-0.4, -0.2) is 46.9 Å². The third kappa shape index (κ3) is 3.27. The number of carbonyl (C=O) groups excluding carboxylic acids is 1. The molecule has 2 aromatic carbocycles. The van der Waals surface area contributed by atoms with Gasteiger partial charge < -0.3 is 4.23 Å². The van der Waals surface area contributed by atoms with E-state index in [1.54, 1.807) is 0 Å². The predicted octanol–water partition coefficient (Wildman–Crippen LogP) is 3.29. The van der Waals surface area contributed by atoms with E-state index in [2.05, 4.69) is 60.8 Å². The Hall–Kier alpha value is -1.06. The van der Waals surface area contributed by atoms with Crippen molar-refractivity contribution in [2.75, 3.05) is 0 Å². The zero-order valence-electron chi connectivity index (χ0n) is 14.8. The van der Waals surface area contributed by atoms with Gasteiger partial charge in [-0.25, -0.2) is 0 Å². The normalized spacial score (nSPS) is 11.9. The van der Waals surface area contributed by atoms with Crippen molar-refractivity contribution in [3.63, 3.8) is 0 Å². The van der Waals surface area contributed by atoms with Crippen LogP contribution in [0.15, 0.2) is 42.5 Å². The van der Waals surface area contributed by atoms with Gasteiger partial charge in [0.15, 0.2) is 0 Å².